The Kier molecular flexibility index (Phi) is 3.66. The summed E-state index contributed by atoms with van der Waals surface area (Å²) in [6, 6.07) is 5.41. The molecule has 1 heterocycles. The Hall–Kier alpha value is -1.37. The molecule has 1 aromatic heterocycles. The average molecular weight is 276 g/mol. The second-order valence-corrected chi connectivity index (χ2v) is 6.14. The molecule has 0 spiro atoms. The number of rotatable bonds is 4. The number of H-pyrrole nitrogens is 1. The first-order valence-corrected chi connectivity index (χ1v) is 6.65. The average Bonchev–Trinajstić information content (AvgIpc) is 2.65. The van der Waals surface area contributed by atoms with Crippen LogP contribution in [0.2, 0.25) is 0 Å². The highest BCUT2D eigenvalue weighted by Crippen LogP contribution is 2.25. The zero-order valence-electron chi connectivity index (χ0n) is 12.6. The third-order valence-electron chi connectivity index (χ3n) is 3.79. The number of imidazole rings is 1. The van der Waals surface area contributed by atoms with Crippen molar-refractivity contribution in [1.29, 1.82) is 0 Å². The molecule has 0 saturated carbocycles. The SMILES string of the molecule is Cc1nc2ccc(B(O)OC(C)(C)C(C)(C)O)cc2[nH]1. The van der Waals surface area contributed by atoms with E-state index in [0.29, 0.717) is 5.46 Å². The smallest absolute Gasteiger partial charge is 0.423 e. The normalized spacial score (nSPS) is 12.9. The highest BCUT2D eigenvalue weighted by atomic mass is 16.5. The Balaban J connectivity index is 2.25. The molecule has 5 nitrogen and oxygen atoms in total. The van der Waals surface area contributed by atoms with Crippen molar-refractivity contribution in [3.63, 3.8) is 0 Å². The molecule has 108 valence electrons. The van der Waals surface area contributed by atoms with Gasteiger partial charge < -0.3 is 19.8 Å². The molecule has 1 aromatic carbocycles. The van der Waals surface area contributed by atoms with Crippen LogP contribution in [-0.4, -0.2) is 38.4 Å². The fourth-order valence-corrected chi connectivity index (χ4v) is 1.80. The van der Waals surface area contributed by atoms with Gasteiger partial charge in [-0.15, -0.1) is 0 Å². The number of nitrogens with zero attached hydrogens (tertiary/aromatic N) is 1. The van der Waals surface area contributed by atoms with Crippen LogP contribution in [0.15, 0.2) is 18.2 Å². The van der Waals surface area contributed by atoms with Gasteiger partial charge in [0.15, 0.2) is 0 Å². The van der Waals surface area contributed by atoms with Crippen LogP contribution in [0.5, 0.6) is 0 Å². The van der Waals surface area contributed by atoms with Gasteiger partial charge in [0.25, 0.3) is 0 Å². The van der Waals surface area contributed by atoms with Crippen molar-refractivity contribution in [2.45, 2.75) is 45.8 Å². The van der Waals surface area contributed by atoms with E-state index in [0.717, 1.165) is 16.9 Å². The lowest BCUT2D eigenvalue weighted by molar-refractivity contribution is -0.0982. The first kappa shape index (κ1) is 15.0. The Morgan fingerprint density at radius 2 is 1.90 bits per heavy atom. The lowest BCUT2D eigenvalue weighted by atomic mass is 9.76. The van der Waals surface area contributed by atoms with Crippen molar-refractivity contribution in [3.8, 4) is 0 Å². The fraction of sp³-hybridized carbons (Fsp3) is 0.500. The molecular formula is C14H21BN2O3. The fourth-order valence-electron chi connectivity index (χ4n) is 1.80. The maximum atomic E-state index is 10.2. The van der Waals surface area contributed by atoms with E-state index in [4.69, 9.17) is 4.65 Å². The van der Waals surface area contributed by atoms with Crippen molar-refractivity contribution in [3.05, 3.63) is 24.0 Å². The Labute approximate surface area is 119 Å². The lowest BCUT2D eigenvalue weighted by Gasteiger charge is -2.38. The molecule has 3 N–H and O–H groups in total. The molecule has 0 aliphatic heterocycles. The van der Waals surface area contributed by atoms with Gasteiger partial charge in [-0.3, -0.25) is 0 Å². The van der Waals surface area contributed by atoms with Crippen molar-refractivity contribution in [1.82, 2.24) is 9.97 Å². The summed E-state index contributed by atoms with van der Waals surface area (Å²) in [5.41, 5.74) is 0.371. The summed E-state index contributed by atoms with van der Waals surface area (Å²) in [5, 5.41) is 20.3. The van der Waals surface area contributed by atoms with E-state index in [9.17, 15) is 10.1 Å². The number of aromatic nitrogens is 2. The summed E-state index contributed by atoms with van der Waals surface area (Å²) in [6.07, 6.45) is 0. The van der Waals surface area contributed by atoms with Crippen LogP contribution < -0.4 is 5.46 Å². The van der Waals surface area contributed by atoms with Gasteiger partial charge >= 0.3 is 7.12 Å². The van der Waals surface area contributed by atoms with Gasteiger partial charge in [0.2, 0.25) is 0 Å². The van der Waals surface area contributed by atoms with Crippen LogP contribution in [0.1, 0.15) is 33.5 Å². The van der Waals surface area contributed by atoms with Crippen molar-refractivity contribution >= 4 is 23.6 Å². The van der Waals surface area contributed by atoms with E-state index in [-0.39, 0.29) is 0 Å². The van der Waals surface area contributed by atoms with E-state index in [2.05, 4.69) is 9.97 Å². The molecular weight excluding hydrogens is 255 g/mol. The Bertz CT molecular complexity index is 616. The minimum atomic E-state index is -1.11. The number of benzene rings is 1. The number of aromatic amines is 1. The van der Waals surface area contributed by atoms with Gasteiger partial charge in [-0.05, 0) is 52.2 Å². The Morgan fingerprint density at radius 3 is 2.50 bits per heavy atom. The largest absolute Gasteiger partial charge is 0.491 e. The zero-order chi connectivity index (χ0) is 15.1. The molecule has 6 heteroatoms. The highest BCUT2D eigenvalue weighted by molar-refractivity contribution is 6.60. The van der Waals surface area contributed by atoms with Crippen LogP contribution in [-0.2, 0) is 4.65 Å². The van der Waals surface area contributed by atoms with Crippen LogP contribution in [0.25, 0.3) is 11.0 Å². The lowest BCUT2D eigenvalue weighted by Crippen LogP contribution is -2.53. The number of nitrogens with one attached hydrogen (secondary N) is 1. The van der Waals surface area contributed by atoms with Gasteiger partial charge in [0.05, 0.1) is 22.2 Å². The maximum absolute atomic E-state index is 10.2. The molecule has 0 aliphatic carbocycles. The summed E-state index contributed by atoms with van der Waals surface area (Å²) >= 11 is 0. The molecule has 0 amide bonds. The van der Waals surface area contributed by atoms with E-state index in [1.54, 1.807) is 39.8 Å². The Morgan fingerprint density at radius 1 is 1.25 bits per heavy atom. The molecule has 0 fully saturated rings. The highest BCUT2D eigenvalue weighted by Gasteiger charge is 2.39. The first-order chi connectivity index (χ1) is 9.10. The summed E-state index contributed by atoms with van der Waals surface area (Å²) < 4.78 is 5.62. The number of hydrogen-bond donors (Lipinski definition) is 3. The topological polar surface area (TPSA) is 78.4 Å². The van der Waals surface area contributed by atoms with E-state index in [1.807, 2.05) is 13.0 Å². The zero-order valence-corrected chi connectivity index (χ0v) is 12.6. The van der Waals surface area contributed by atoms with E-state index < -0.39 is 18.3 Å². The third kappa shape index (κ3) is 2.87. The quantitative estimate of drug-likeness (QED) is 0.731. The molecule has 0 saturated heterocycles. The van der Waals surface area contributed by atoms with Crippen molar-refractivity contribution < 1.29 is 14.8 Å². The summed E-state index contributed by atoms with van der Waals surface area (Å²) in [7, 11) is -1.11. The molecule has 0 atom stereocenters. The van der Waals surface area contributed by atoms with Crippen LogP contribution >= 0.6 is 0 Å². The molecule has 0 unspecified atom stereocenters. The van der Waals surface area contributed by atoms with Crippen molar-refractivity contribution in [2.24, 2.45) is 0 Å². The second-order valence-electron chi connectivity index (χ2n) is 6.14. The summed E-state index contributed by atoms with van der Waals surface area (Å²) in [6.45, 7) is 8.68. The van der Waals surface area contributed by atoms with Gasteiger partial charge in [-0.25, -0.2) is 4.98 Å². The van der Waals surface area contributed by atoms with Gasteiger partial charge in [0.1, 0.15) is 5.82 Å². The molecule has 2 aromatic rings. The predicted octanol–water partition coefficient (Wildman–Crippen LogP) is 1.12. The van der Waals surface area contributed by atoms with Crippen LogP contribution in [0.4, 0.5) is 0 Å². The number of aryl methyl sites for hydroxylation is 1. The minimum Gasteiger partial charge on any atom is -0.423 e. The van der Waals surface area contributed by atoms with Gasteiger partial charge in [0, 0.05) is 0 Å². The number of hydrogen-bond acceptors (Lipinski definition) is 4. The van der Waals surface area contributed by atoms with Gasteiger partial charge in [-0.2, -0.15) is 0 Å². The van der Waals surface area contributed by atoms with Crippen LogP contribution in [0, 0.1) is 6.92 Å². The molecule has 0 radical (unpaired) electrons. The summed E-state index contributed by atoms with van der Waals surface area (Å²) in [5.74, 6) is 0.823. The maximum Gasteiger partial charge on any atom is 0.491 e. The molecule has 2 rings (SSSR count). The van der Waals surface area contributed by atoms with Crippen molar-refractivity contribution in [2.75, 3.05) is 0 Å². The first-order valence-electron chi connectivity index (χ1n) is 6.65. The summed E-state index contributed by atoms with van der Waals surface area (Å²) in [4.78, 5) is 7.43. The molecule has 0 bridgehead atoms. The van der Waals surface area contributed by atoms with E-state index in [1.165, 1.54) is 0 Å². The van der Waals surface area contributed by atoms with E-state index >= 15 is 0 Å². The monoisotopic (exact) mass is 276 g/mol. The standard InChI is InChI=1S/C14H21BN2O3/c1-9-16-11-7-6-10(8-12(11)17-9)15(19)20-14(4,5)13(2,3)18/h6-8,18-19H,1-5H3,(H,16,17). The second kappa shape index (κ2) is 4.88. The van der Waals surface area contributed by atoms with Gasteiger partial charge in [-0.1, -0.05) is 6.07 Å². The number of aliphatic hydroxyl groups is 1. The minimum absolute atomic E-state index is 0.624. The third-order valence-corrected chi connectivity index (χ3v) is 3.79. The number of fused-ring (bicyclic) bond motifs is 1. The predicted molar refractivity (Wildman–Crippen MR) is 79.9 cm³/mol. The molecule has 20 heavy (non-hydrogen) atoms. The molecule has 0 aliphatic rings. The van der Waals surface area contributed by atoms with Crippen LogP contribution in [0.3, 0.4) is 0 Å².